The van der Waals surface area contributed by atoms with Crippen molar-refractivity contribution in [2.45, 2.75) is 19.3 Å². The summed E-state index contributed by atoms with van der Waals surface area (Å²) in [7, 11) is 8.07. The summed E-state index contributed by atoms with van der Waals surface area (Å²) in [4.78, 5) is 4.17. The van der Waals surface area contributed by atoms with Gasteiger partial charge in [0.15, 0.2) is 5.11 Å². The van der Waals surface area contributed by atoms with Crippen LogP contribution in [0.4, 0.5) is 0 Å². The average molecular weight is 377 g/mol. The second-order valence-electron chi connectivity index (χ2n) is 5.85. The van der Waals surface area contributed by atoms with E-state index < -0.39 is 0 Å². The van der Waals surface area contributed by atoms with Crippen LogP contribution in [-0.2, 0) is 0 Å². The molecule has 0 fully saturated rings. The van der Waals surface area contributed by atoms with Crippen molar-refractivity contribution in [2.24, 2.45) is 10.2 Å². The fraction of sp³-hybridized carbons (Fsp3) is 0.786. The smallest absolute Gasteiger partial charge is 0.187 e. The average Bonchev–Trinajstić information content (AvgIpc) is 2.49. The molecule has 1 atom stereocenters. The number of nitrogens with one attached hydrogen (secondary N) is 4. The van der Waals surface area contributed by atoms with Crippen molar-refractivity contribution in [3.63, 3.8) is 0 Å². The molecule has 0 aliphatic heterocycles. The molecule has 0 heterocycles. The largest absolute Gasteiger partial charge is 0.360 e. The number of thiol groups is 1. The third-order valence-corrected chi connectivity index (χ3v) is 3.48. The summed E-state index contributed by atoms with van der Waals surface area (Å²) in [5.41, 5.74) is 7.03. The standard InChI is InChI=1S/C14H32N8S2/c1-11(17-19-13(23)15-7-9-21(3)4)12(2)18-20-14(24)16-8-10-22(5)6/h13,15,19,23H,7-10H2,1-6H3,(H2,16,20,24)/b17-11+,18-12+. The minimum atomic E-state index is -0.213. The number of thiocarbonyl (C=S) groups is 1. The van der Waals surface area contributed by atoms with Crippen molar-refractivity contribution < 1.29 is 0 Å². The van der Waals surface area contributed by atoms with Crippen LogP contribution in [0.5, 0.6) is 0 Å². The Bertz CT molecular complexity index is 423. The summed E-state index contributed by atoms with van der Waals surface area (Å²) in [5.74, 6) is 0. The molecule has 0 spiro atoms. The highest BCUT2D eigenvalue weighted by molar-refractivity contribution is 7.80. The van der Waals surface area contributed by atoms with Crippen molar-refractivity contribution >= 4 is 41.4 Å². The molecule has 0 amide bonds. The Hall–Kier alpha value is -0.940. The van der Waals surface area contributed by atoms with Gasteiger partial charge in [-0.1, -0.05) is 0 Å². The Balaban J connectivity index is 4.13. The van der Waals surface area contributed by atoms with Crippen LogP contribution in [0, 0.1) is 0 Å². The van der Waals surface area contributed by atoms with E-state index in [-0.39, 0.29) is 5.50 Å². The highest BCUT2D eigenvalue weighted by Crippen LogP contribution is 1.87. The maximum absolute atomic E-state index is 5.16. The third kappa shape index (κ3) is 13.5. The minimum absolute atomic E-state index is 0.213. The summed E-state index contributed by atoms with van der Waals surface area (Å²) < 4.78 is 0. The number of rotatable bonds is 11. The van der Waals surface area contributed by atoms with E-state index in [1.165, 1.54) is 0 Å². The molecule has 10 heteroatoms. The molecule has 8 nitrogen and oxygen atoms in total. The van der Waals surface area contributed by atoms with Gasteiger partial charge in [0.2, 0.25) is 0 Å². The first-order valence-corrected chi connectivity index (χ1v) is 8.74. The molecular weight excluding hydrogens is 344 g/mol. The maximum Gasteiger partial charge on any atom is 0.187 e. The lowest BCUT2D eigenvalue weighted by Gasteiger charge is -2.15. The number of hydrogen-bond acceptors (Lipinski definition) is 8. The van der Waals surface area contributed by atoms with Crippen LogP contribution in [0.15, 0.2) is 10.2 Å². The molecule has 0 radical (unpaired) electrons. The maximum atomic E-state index is 5.16. The zero-order chi connectivity index (χ0) is 18.5. The van der Waals surface area contributed by atoms with Crippen molar-refractivity contribution in [1.29, 1.82) is 0 Å². The molecule has 0 aromatic carbocycles. The fourth-order valence-corrected chi connectivity index (χ4v) is 1.69. The number of hydrazone groups is 2. The highest BCUT2D eigenvalue weighted by atomic mass is 32.1. The zero-order valence-electron chi connectivity index (χ0n) is 15.6. The fourth-order valence-electron chi connectivity index (χ4n) is 1.36. The van der Waals surface area contributed by atoms with E-state index in [1.54, 1.807) is 0 Å². The van der Waals surface area contributed by atoms with E-state index in [1.807, 2.05) is 42.0 Å². The summed E-state index contributed by atoms with van der Waals surface area (Å²) in [6, 6.07) is 0. The second kappa shape index (κ2) is 13.4. The molecule has 0 aromatic rings. The molecular formula is C14H32N8S2. The van der Waals surface area contributed by atoms with Crippen LogP contribution in [0.3, 0.4) is 0 Å². The Morgan fingerprint density at radius 1 is 1.00 bits per heavy atom. The highest BCUT2D eigenvalue weighted by Gasteiger charge is 2.02. The second-order valence-corrected chi connectivity index (χ2v) is 6.78. The molecule has 1 unspecified atom stereocenters. The van der Waals surface area contributed by atoms with Gasteiger partial charge in [-0.05, 0) is 54.3 Å². The van der Waals surface area contributed by atoms with Gasteiger partial charge in [0.1, 0.15) is 5.50 Å². The molecule has 4 N–H and O–H groups in total. The summed E-state index contributed by atoms with van der Waals surface area (Å²) in [6.45, 7) is 7.16. The number of hydrogen-bond donors (Lipinski definition) is 5. The molecule has 0 saturated heterocycles. The first kappa shape index (κ1) is 23.1. The predicted octanol–water partition coefficient (Wildman–Crippen LogP) is -0.282. The Morgan fingerprint density at radius 2 is 1.54 bits per heavy atom. The molecule has 0 aromatic heterocycles. The molecule has 0 rings (SSSR count). The van der Waals surface area contributed by atoms with Crippen molar-refractivity contribution in [2.75, 3.05) is 54.4 Å². The van der Waals surface area contributed by atoms with E-state index in [0.29, 0.717) is 5.11 Å². The van der Waals surface area contributed by atoms with Crippen LogP contribution in [0.2, 0.25) is 0 Å². The van der Waals surface area contributed by atoms with E-state index in [0.717, 1.165) is 37.6 Å². The summed E-state index contributed by atoms with van der Waals surface area (Å²) in [5, 5.41) is 15.2. The van der Waals surface area contributed by atoms with Gasteiger partial charge in [-0.2, -0.15) is 10.2 Å². The topological polar surface area (TPSA) is 79.3 Å². The van der Waals surface area contributed by atoms with Gasteiger partial charge in [-0.25, -0.2) is 0 Å². The molecule has 0 saturated carbocycles. The molecule has 0 aliphatic rings. The summed E-state index contributed by atoms with van der Waals surface area (Å²) >= 11 is 9.53. The van der Waals surface area contributed by atoms with Crippen molar-refractivity contribution in [3.05, 3.63) is 0 Å². The van der Waals surface area contributed by atoms with Crippen LogP contribution >= 0.6 is 24.8 Å². The van der Waals surface area contributed by atoms with Gasteiger partial charge in [-0.3, -0.25) is 16.2 Å². The zero-order valence-corrected chi connectivity index (χ0v) is 17.3. The molecule has 24 heavy (non-hydrogen) atoms. The monoisotopic (exact) mass is 376 g/mol. The van der Waals surface area contributed by atoms with E-state index in [2.05, 4.69) is 54.1 Å². The lowest BCUT2D eigenvalue weighted by atomic mass is 10.3. The number of likely N-dealkylation sites (N-methyl/N-ethyl adjacent to an activating group) is 2. The Labute approximate surface area is 156 Å². The van der Waals surface area contributed by atoms with Crippen LogP contribution < -0.4 is 21.5 Å². The van der Waals surface area contributed by atoms with Gasteiger partial charge in [0.25, 0.3) is 0 Å². The first-order valence-electron chi connectivity index (χ1n) is 7.81. The Morgan fingerprint density at radius 3 is 2.12 bits per heavy atom. The van der Waals surface area contributed by atoms with Gasteiger partial charge in [-0.15, -0.1) is 12.6 Å². The molecule has 0 aliphatic carbocycles. The normalized spacial score (nSPS) is 14.0. The van der Waals surface area contributed by atoms with Gasteiger partial charge in [0.05, 0.1) is 11.4 Å². The van der Waals surface area contributed by atoms with Crippen LogP contribution in [-0.4, -0.2) is 86.2 Å². The minimum Gasteiger partial charge on any atom is -0.360 e. The third-order valence-electron chi connectivity index (χ3n) is 2.94. The quantitative estimate of drug-likeness (QED) is 0.112. The van der Waals surface area contributed by atoms with E-state index in [9.17, 15) is 0 Å². The lowest BCUT2D eigenvalue weighted by molar-refractivity contribution is 0.392. The van der Waals surface area contributed by atoms with Gasteiger partial charge >= 0.3 is 0 Å². The first-order chi connectivity index (χ1) is 11.2. The van der Waals surface area contributed by atoms with Crippen LogP contribution in [0.25, 0.3) is 0 Å². The van der Waals surface area contributed by atoms with Gasteiger partial charge < -0.3 is 15.1 Å². The molecule has 140 valence electrons. The lowest BCUT2D eigenvalue weighted by Crippen LogP contribution is -2.39. The van der Waals surface area contributed by atoms with E-state index >= 15 is 0 Å². The molecule has 0 bridgehead atoms. The SMILES string of the molecule is CC(=N\NC(=S)NCCN(C)C)/C(C)=N/NC(S)NCCN(C)C. The Kier molecular flexibility index (Phi) is 12.8. The number of nitrogens with zero attached hydrogens (tertiary/aromatic N) is 4. The van der Waals surface area contributed by atoms with Gasteiger partial charge in [0, 0.05) is 26.2 Å². The van der Waals surface area contributed by atoms with Crippen molar-refractivity contribution in [3.8, 4) is 0 Å². The predicted molar refractivity (Wildman–Crippen MR) is 111 cm³/mol. The van der Waals surface area contributed by atoms with E-state index in [4.69, 9.17) is 12.2 Å². The summed E-state index contributed by atoms with van der Waals surface area (Å²) in [6.07, 6.45) is 0. The van der Waals surface area contributed by atoms with Crippen LogP contribution in [0.1, 0.15) is 13.8 Å². The van der Waals surface area contributed by atoms with Crippen molar-refractivity contribution in [1.82, 2.24) is 31.3 Å².